The monoisotopic (exact) mass is 610 g/mol. The van der Waals surface area contributed by atoms with Crippen LogP contribution in [-0.4, -0.2) is 20.4 Å². The molecule has 4 nitrogen and oxygen atoms in total. The van der Waals surface area contributed by atoms with Crippen LogP contribution in [0.2, 0.25) is 0 Å². The summed E-state index contributed by atoms with van der Waals surface area (Å²) in [5, 5.41) is 38.2. The summed E-state index contributed by atoms with van der Waals surface area (Å²) in [6, 6.07) is 30.1. The molecule has 4 rings (SSSR count). The SMILES string of the molecule is CCCCCCC(C)(c1ccc(O)cc1)c1ccc(O)cc1.CCCCCCCC(C)(c1ccc(O)cc1)c1ccc(O)cc1. The molecule has 0 unspecified atom stereocenters. The smallest absolute Gasteiger partial charge is 0.115 e. The predicted molar refractivity (Wildman–Crippen MR) is 187 cm³/mol. The fourth-order valence-electron chi connectivity index (χ4n) is 6.22. The molecule has 242 valence electrons. The van der Waals surface area contributed by atoms with Crippen LogP contribution in [0.3, 0.4) is 0 Å². The van der Waals surface area contributed by atoms with Crippen molar-refractivity contribution in [3.8, 4) is 23.0 Å². The zero-order chi connectivity index (χ0) is 32.7. The van der Waals surface area contributed by atoms with E-state index in [-0.39, 0.29) is 10.8 Å². The lowest BCUT2D eigenvalue weighted by Crippen LogP contribution is -2.23. The Labute approximate surface area is 271 Å². The highest BCUT2D eigenvalue weighted by Crippen LogP contribution is 2.39. The van der Waals surface area contributed by atoms with Crippen LogP contribution in [0, 0.1) is 0 Å². The lowest BCUT2D eigenvalue weighted by atomic mass is 9.72. The Morgan fingerprint density at radius 1 is 0.356 bits per heavy atom. The van der Waals surface area contributed by atoms with Crippen molar-refractivity contribution < 1.29 is 20.4 Å². The zero-order valence-corrected chi connectivity index (χ0v) is 27.8. The maximum Gasteiger partial charge on any atom is 0.115 e. The maximum atomic E-state index is 9.57. The summed E-state index contributed by atoms with van der Waals surface area (Å²) in [4.78, 5) is 0. The van der Waals surface area contributed by atoms with E-state index in [9.17, 15) is 20.4 Å². The van der Waals surface area contributed by atoms with E-state index < -0.39 is 0 Å². The fourth-order valence-corrected chi connectivity index (χ4v) is 6.22. The lowest BCUT2D eigenvalue weighted by Gasteiger charge is -2.31. The van der Waals surface area contributed by atoms with Gasteiger partial charge in [0.25, 0.3) is 0 Å². The molecule has 0 aliphatic carbocycles. The van der Waals surface area contributed by atoms with Gasteiger partial charge in [-0.1, -0.05) is 134 Å². The molecule has 0 heterocycles. The minimum absolute atomic E-state index is 0.102. The van der Waals surface area contributed by atoms with Crippen molar-refractivity contribution in [3.05, 3.63) is 119 Å². The first-order valence-corrected chi connectivity index (χ1v) is 16.8. The maximum absolute atomic E-state index is 9.57. The molecule has 0 aliphatic rings. The summed E-state index contributed by atoms with van der Waals surface area (Å²) in [6.45, 7) is 8.96. The third kappa shape index (κ3) is 10.3. The van der Waals surface area contributed by atoms with Gasteiger partial charge in [0, 0.05) is 10.8 Å². The highest BCUT2D eigenvalue weighted by atomic mass is 16.3. The van der Waals surface area contributed by atoms with Gasteiger partial charge in [0.15, 0.2) is 0 Å². The molecule has 0 fully saturated rings. The Bertz CT molecular complexity index is 1280. The number of benzene rings is 4. The van der Waals surface area contributed by atoms with Gasteiger partial charge in [0.05, 0.1) is 0 Å². The summed E-state index contributed by atoms with van der Waals surface area (Å²) in [6.07, 6.45) is 13.3. The van der Waals surface area contributed by atoms with E-state index in [0.29, 0.717) is 23.0 Å². The van der Waals surface area contributed by atoms with Crippen molar-refractivity contribution in [2.45, 2.75) is 109 Å². The summed E-state index contributed by atoms with van der Waals surface area (Å²) in [5.74, 6) is 1.18. The van der Waals surface area contributed by atoms with Crippen LogP contribution in [0.15, 0.2) is 97.1 Å². The molecule has 0 amide bonds. The second-order valence-electron chi connectivity index (χ2n) is 12.8. The first kappa shape index (κ1) is 35.6. The molecule has 0 radical (unpaired) electrons. The van der Waals surface area contributed by atoms with Crippen LogP contribution in [0.25, 0.3) is 0 Å². The molecular formula is C41H54O4. The number of phenols is 4. The predicted octanol–water partition coefficient (Wildman–Crippen LogP) is 11.1. The molecule has 4 aromatic carbocycles. The summed E-state index contributed by atoms with van der Waals surface area (Å²) < 4.78 is 0. The number of phenolic OH excluding ortho intramolecular Hbond substituents is 4. The van der Waals surface area contributed by atoms with Crippen molar-refractivity contribution in [2.24, 2.45) is 0 Å². The number of hydrogen-bond acceptors (Lipinski definition) is 4. The van der Waals surface area contributed by atoms with Gasteiger partial charge in [-0.15, -0.1) is 0 Å². The molecule has 4 aromatic rings. The molecule has 4 N–H and O–H groups in total. The van der Waals surface area contributed by atoms with Crippen molar-refractivity contribution in [2.75, 3.05) is 0 Å². The van der Waals surface area contributed by atoms with Gasteiger partial charge >= 0.3 is 0 Å². The first-order valence-electron chi connectivity index (χ1n) is 16.8. The van der Waals surface area contributed by atoms with Gasteiger partial charge in [-0.2, -0.15) is 0 Å². The first-order chi connectivity index (χ1) is 21.6. The van der Waals surface area contributed by atoms with Crippen LogP contribution in [0.4, 0.5) is 0 Å². The number of rotatable bonds is 15. The van der Waals surface area contributed by atoms with E-state index in [1.807, 2.05) is 48.5 Å². The minimum atomic E-state index is -0.104. The van der Waals surface area contributed by atoms with E-state index in [2.05, 4.69) is 27.7 Å². The largest absolute Gasteiger partial charge is 0.508 e. The lowest BCUT2D eigenvalue weighted by molar-refractivity contribution is 0.461. The average molecular weight is 611 g/mol. The van der Waals surface area contributed by atoms with E-state index in [1.54, 1.807) is 48.5 Å². The minimum Gasteiger partial charge on any atom is -0.508 e. The third-order valence-electron chi connectivity index (χ3n) is 9.33. The highest BCUT2D eigenvalue weighted by molar-refractivity contribution is 5.43. The second kappa shape index (κ2) is 17.5. The molecule has 0 atom stereocenters. The van der Waals surface area contributed by atoms with Gasteiger partial charge in [-0.3, -0.25) is 0 Å². The summed E-state index contributed by atoms with van der Waals surface area (Å²) in [5.41, 5.74) is 4.61. The zero-order valence-electron chi connectivity index (χ0n) is 27.8. The van der Waals surface area contributed by atoms with E-state index >= 15 is 0 Å². The fraction of sp³-hybridized carbons (Fsp3) is 0.415. The van der Waals surface area contributed by atoms with Crippen molar-refractivity contribution in [1.29, 1.82) is 0 Å². The van der Waals surface area contributed by atoms with E-state index in [0.717, 1.165) is 12.8 Å². The molecule has 0 saturated carbocycles. The molecule has 0 saturated heterocycles. The number of aromatic hydroxyl groups is 4. The third-order valence-corrected chi connectivity index (χ3v) is 9.33. The Balaban J connectivity index is 0.000000246. The normalized spacial score (nSPS) is 11.6. The Hall–Kier alpha value is -3.92. The van der Waals surface area contributed by atoms with E-state index in [4.69, 9.17) is 0 Å². The van der Waals surface area contributed by atoms with Crippen LogP contribution >= 0.6 is 0 Å². The van der Waals surface area contributed by atoms with Gasteiger partial charge in [0.2, 0.25) is 0 Å². The van der Waals surface area contributed by atoms with Crippen LogP contribution in [0.5, 0.6) is 23.0 Å². The Morgan fingerprint density at radius 3 is 0.822 bits per heavy atom. The second-order valence-corrected chi connectivity index (χ2v) is 12.8. The Morgan fingerprint density at radius 2 is 0.578 bits per heavy atom. The molecule has 45 heavy (non-hydrogen) atoms. The van der Waals surface area contributed by atoms with Gasteiger partial charge < -0.3 is 20.4 Å². The highest BCUT2D eigenvalue weighted by Gasteiger charge is 2.29. The molecule has 0 bridgehead atoms. The molecule has 0 spiro atoms. The van der Waals surface area contributed by atoms with Crippen molar-refractivity contribution >= 4 is 0 Å². The number of hydrogen-bond donors (Lipinski definition) is 4. The van der Waals surface area contributed by atoms with Gasteiger partial charge in [0.1, 0.15) is 23.0 Å². The van der Waals surface area contributed by atoms with E-state index in [1.165, 1.54) is 80.0 Å². The molecular weight excluding hydrogens is 556 g/mol. The average Bonchev–Trinajstić information content (AvgIpc) is 3.04. The molecule has 0 aromatic heterocycles. The summed E-state index contributed by atoms with van der Waals surface area (Å²) in [7, 11) is 0. The van der Waals surface area contributed by atoms with Crippen molar-refractivity contribution in [3.63, 3.8) is 0 Å². The van der Waals surface area contributed by atoms with Crippen LogP contribution in [-0.2, 0) is 10.8 Å². The standard InChI is InChI=1S/C21H28O2.C20H26O2/c1-3-4-5-6-7-16-21(2,17-8-12-19(22)13-9-17)18-10-14-20(23)15-11-18;1-3-4-5-6-15-20(2,16-7-11-18(21)12-8-16)17-9-13-19(22)14-10-17/h8-15,22-23H,3-7,16H2,1-2H3;7-14,21-22H,3-6,15H2,1-2H3. The Kier molecular flexibility index (Phi) is 13.9. The van der Waals surface area contributed by atoms with Crippen LogP contribution < -0.4 is 0 Å². The number of unbranched alkanes of at least 4 members (excludes halogenated alkanes) is 7. The van der Waals surface area contributed by atoms with Gasteiger partial charge in [-0.05, 0) is 83.6 Å². The quantitative estimate of drug-likeness (QED) is 0.101. The van der Waals surface area contributed by atoms with Crippen molar-refractivity contribution in [1.82, 2.24) is 0 Å². The van der Waals surface area contributed by atoms with Gasteiger partial charge in [-0.25, -0.2) is 0 Å². The molecule has 0 aliphatic heterocycles. The van der Waals surface area contributed by atoms with Crippen LogP contribution in [0.1, 0.15) is 121 Å². The molecule has 4 heteroatoms. The topological polar surface area (TPSA) is 80.9 Å². The summed E-state index contributed by atoms with van der Waals surface area (Å²) >= 11 is 0.